The molecule has 0 rings (SSSR count). The number of halogens is 1. The molecule has 0 amide bonds. The Bertz CT molecular complexity index is 275. The summed E-state index contributed by atoms with van der Waals surface area (Å²) in [6.07, 6.45) is 1.66. The first-order valence-electron chi connectivity index (χ1n) is 2.93. The zero-order valence-electron chi connectivity index (χ0n) is 6.37. The number of hydrogen-bond donors (Lipinski definition) is 1. The van der Waals surface area contributed by atoms with Crippen LogP contribution in [-0.4, -0.2) is 11.5 Å². The second-order valence-electron chi connectivity index (χ2n) is 1.55. The number of allylic oxidation sites excluding steroid dienone is 1. The third kappa shape index (κ3) is 5.83. The van der Waals surface area contributed by atoms with E-state index in [2.05, 4.69) is 16.2 Å². The predicted molar refractivity (Wildman–Crippen MR) is 52.7 cm³/mol. The van der Waals surface area contributed by atoms with Gasteiger partial charge in [0.1, 0.15) is 0 Å². The Morgan fingerprint density at radius 3 is 2.92 bits per heavy atom. The van der Waals surface area contributed by atoms with Crippen LogP contribution >= 0.6 is 23.4 Å². The molecule has 5 heteroatoms. The fourth-order valence-corrected chi connectivity index (χ4v) is 0.646. The van der Waals surface area contributed by atoms with Crippen molar-refractivity contribution in [2.45, 2.75) is 6.92 Å². The van der Waals surface area contributed by atoms with Crippen LogP contribution in [0.3, 0.4) is 0 Å². The van der Waals surface area contributed by atoms with Crippen LogP contribution in [0.15, 0.2) is 16.2 Å². The van der Waals surface area contributed by atoms with E-state index in [1.54, 1.807) is 6.92 Å². The highest BCUT2D eigenvalue weighted by Gasteiger charge is 1.88. The molecule has 0 aliphatic rings. The van der Waals surface area contributed by atoms with E-state index in [9.17, 15) is 4.79 Å². The molecule has 0 radical (unpaired) electrons. The van der Waals surface area contributed by atoms with Crippen LogP contribution in [0.5, 0.6) is 0 Å². The number of thioether (sulfide) groups is 1. The standard InChI is InChI=1S/C7H7ClN2OS/c1-2-3-12-7(9)10-4-6(8)5-11/h4-5H,1H3,(H2,9,10)/b6-4+. The summed E-state index contributed by atoms with van der Waals surface area (Å²) < 4.78 is 0. The van der Waals surface area contributed by atoms with Gasteiger partial charge in [-0.05, 0) is 23.9 Å². The second-order valence-corrected chi connectivity index (χ2v) is 2.82. The van der Waals surface area contributed by atoms with Crippen molar-refractivity contribution in [2.24, 2.45) is 10.7 Å². The smallest absolute Gasteiger partial charge is 0.171 e. The van der Waals surface area contributed by atoms with Crippen LogP contribution in [0.1, 0.15) is 6.92 Å². The highest BCUT2D eigenvalue weighted by molar-refractivity contribution is 8.17. The van der Waals surface area contributed by atoms with Gasteiger partial charge in [-0.25, -0.2) is 4.99 Å². The molecule has 0 atom stereocenters. The summed E-state index contributed by atoms with van der Waals surface area (Å²) in [5.41, 5.74) is 5.35. The van der Waals surface area contributed by atoms with Gasteiger partial charge in [-0.2, -0.15) is 0 Å². The summed E-state index contributed by atoms with van der Waals surface area (Å²) in [6, 6.07) is 0. The largest absolute Gasteiger partial charge is 0.377 e. The average Bonchev–Trinajstić information content (AvgIpc) is 2.10. The molecule has 0 aliphatic carbocycles. The van der Waals surface area contributed by atoms with Gasteiger partial charge in [0.2, 0.25) is 0 Å². The van der Waals surface area contributed by atoms with Crippen LogP contribution in [0.2, 0.25) is 0 Å². The lowest BCUT2D eigenvalue weighted by molar-refractivity contribution is -0.104. The Morgan fingerprint density at radius 2 is 2.42 bits per heavy atom. The first-order valence-corrected chi connectivity index (χ1v) is 4.13. The number of aliphatic imine (C=N–C) groups is 1. The number of aldehydes is 1. The van der Waals surface area contributed by atoms with E-state index in [-0.39, 0.29) is 10.2 Å². The number of carbonyl (C=O) groups excluding carboxylic acids is 1. The molecule has 3 nitrogen and oxygen atoms in total. The molecule has 0 bridgehead atoms. The van der Waals surface area contributed by atoms with Crippen molar-refractivity contribution in [2.75, 3.05) is 0 Å². The van der Waals surface area contributed by atoms with Gasteiger partial charge in [-0.1, -0.05) is 17.5 Å². The molecular formula is C7H7ClN2OS. The second kappa shape index (κ2) is 6.77. The highest BCUT2D eigenvalue weighted by atomic mass is 35.5. The van der Waals surface area contributed by atoms with Gasteiger partial charge in [0.15, 0.2) is 11.5 Å². The lowest BCUT2D eigenvalue weighted by atomic mass is 10.7. The van der Waals surface area contributed by atoms with Crippen molar-refractivity contribution in [1.82, 2.24) is 0 Å². The summed E-state index contributed by atoms with van der Waals surface area (Å²) in [4.78, 5) is 13.6. The molecule has 0 fully saturated rings. The van der Waals surface area contributed by atoms with Crippen molar-refractivity contribution < 1.29 is 4.79 Å². The number of nitrogens with two attached hydrogens (primary N) is 1. The molecule has 0 spiro atoms. The number of nitrogens with zero attached hydrogens (tertiary/aromatic N) is 1. The van der Waals surface area contributed by atoms with Crippen LogP contribution in [0.25, 0.3) is 0 Å². The molecule has 2 N–H and O–H groups in total. The minimum atomic E-state index is 0.00278. The van der Waals surface area contributed by atoms with Crippen LogP contribution < -0.4 is 5.73 Å². The molecule has 0 aromatic heterocycles. The summed E-state index contributed by atoms with van der Waals surface area (Å²) in [5, 5.41) is 2.90. The third-order valence-corrected chi connectivity index (χ3v) is 1.49. The van der Waals surface area contributed by atoms with E-state index >= 15 is 0 Å². The Morgan fingerprint density at radius 1 is 1.75 bits per heavy atom. The lowest BCUT2D eigenvalue weighted by Crippen LogP contribution is -2.03. The van der Waals surface area contributed by atoms with Gasteiger partial charge in [0.05, 0.1) is 11.2 Å². The Labute approximate surface area is 80.1 Å². The molecule has 12 heavy (non-hydrogen) atoms. The maximum absolute atomic E-state index is 9.99. The highest BCUT2D eigenvalue weighted by Crippen LogP contribution is 2.00. The average molecular weight is 203 g/mol. The summed E-state index contributed by atoms with van der Waals surface area (Å²) in [5.74, 6) is 2.63. The van der Waals surface area contributed by atoms with Crippen molar-refractivity contribution >= 4 is 34.8 Å². The van der Waals surface area contributed by atoms with Crippen molar-refractivity contribution in [3.05, 3.63) is 11.2 Å². The Kier molecular flexibility index (Phi) is 6.25. The van der Waals surface area contributed by atoms with E-state index in [0.29, 0.717) is 6.29 Å². The van der Waals surface area contributed by atoms with Gasteiger partial charge in [0.25, 0.3) is 0 Å². The van der Waals surface area contributed by atoms with E-state index in [0.717, 1.165) is 11.8 Å². The SMILES string of the molecule is CC#CSC(N)=N/C=C(/Cl)C=O. The maximum Gasteiger partial charge on any atom is 0.171 e. The first kappa shape index (κ1) is 11.1. The normalized spacial score (nSPS) is 11.8. The zero-order valence-corrected chi connectivity index (χ0v) is 7.95. The number of rotatable bonds is 2. The molecule has 0 saturated heterocycles. The molecule has 0 aromatic carbocycles. The summed E-state index contributed by atoms with van der Waals surface area (Å²) >= 11 is 6.40. The molecular weight excluding hydrogens is 196 g/mol. The van der Waals surface area contributed by atoms with Gasteiger partial charge < -0.3 is 5.73 Å². The Balaban J connectivity index is 4.14. The monoisotopic (exact) mass is 202 g/mol. The van der Waals surface area contributed by atoms with Crippen molar-refractivity contribution in [1.29, 1.82) is 0 Å². The molecule has 0 saturated carbocycles. The van der Waals surface area contributed by atoms with Gasteiger partial charge in [-0.15, -0.1) is 0 Å². The third-order valence-electron chi connectivity index (χ3n) is 0.685. The van der Waals surface area contributed by atoms with Gasteiger partial charge in [-0.3, -0.25) is 4.79 Å². The molecule has 0 aromatic rings. The molecule has 0 aliphatic heterocycles. The number of carbonyl (C=O) groups is 1. The number of hydrogen-bond acceptors (Lipinski definition) is 3. The first-order chi connectivity index (χ1) is 5.70. The molecule has 0 unspecified atom stereocenters. The lowest BCUT2D eigenvalue weighted by Gasteiger charge is -1.87. The van der Waals surface area contributed by atoms with Crippen LogP contribution in [0, 0.1) is 11.2 Å². The predicted octanol–water partition coefficient (Wildman–Crippen LogP) is 1.29. The molecule has 0 heterocycles. The zero-order chi connectivity index (χ0) is 9.40. The topological polar surface area (TPSA) is 55.4 Å². The van der Waals surface area contributed by atoms with Crippen molar-refractivity contribution in [3.8, 4) is 11.2 Å². The minimum Gasteiger partial charge on any atom is -0.377 e. The summed E-state index contributed by atoms with van der Waals surface area (Å²) in [6.45, 7) is 1.69. The quantitative estimate of drug-likeness (QED) is 0.241. The van der Waals surface area contributed by atoms with Crippen LogP contribution in [0.4, 0.5) is 0 Å². The van der Waals surface area contributed by atoms with Gasteiger partial charge >= 0.3 is 0 Å². The fraction of sp³-hybridized carbons (Fsp3) is 0.143. The van der Waals surface area contributed by atoms with E-state index in [4.69, 9.17) is 17.3 Å². The minimum absolute atomic E-state index is 0.00278. The summed E-state index contributed by atoms with van der Waals surface area (Å²) in [7, 11) is 0. The fourth-order valence-electron chi connectivity index (χ4n) is 0.285. The Hall–Kier alpha value is -0.920. The van der Waals surface area contributed by atoms with Gasteiger partial charge in [0, 0.05) is 0 Å². The number of amidine groups is 1. The van der Waals surface area contributed by atoms with E-state index in [1.165, 1.54) is 6.20 Å². The van der Waals surface area contributed by atoms with E-state index in [1.807, 2.05) is 0 Å². The van der Waals surface area contributed by atoms with Crippen molar-refractivity contribution in [3.63, 3.8) is 0 Å². The maximum atomic E-state index is 9.99. The van der Waals surface area contributed by atoms with E-state index < -0.39 is 0 Å². The molecule has 64 valence electrons. The van der Waals surface area contributed by atoms with Crippen LogP contribution in [-0.2, 0) is 4.79 Å².